The zero-order chi connectivity index (χ0) is 16.3. The minimum atomic E-state index is -0.467. The maximum atomic E-state index is 12.0. The maximum Gasteiger partial charge on any atom is 0.407 e. The van der Waals surface area contributed by atoms with E-state index in [1.165, 1.54) is 12.8 Å². The summed E-state index contributed by atoms with van der Waals surface area (Å²) in [4.78, 5) is 14.3. The van der Waals surface area contributed by atoms with Gasteiger partial charge in [-0.1, -0.05) is 6.92 Å². The molecule has 5 nitrogen and oxygen atoms in total. The van der Waals surface area contributed by atoms with Crippen LogP contribution in [0.25, 0.3) is 0 Å². The van der Waals surface area contributed by atoms with E-state index in [-0.39, 0.29) is 18.2 Å². The first-order chi connectivity index (χ1) is 10.3. The quantitative estimate of drug-likeness (QED) is 0.818. The molecule has 0 spiro atoms. The summed E-state index contributed by atoms with van der Waals surface area (Å²) in [5.41, 5.74) is -0.467. The number of hydrogen-bond donors (Lipinski definition) is 2. The molecule has 1 aliphatic carbocycles. The number of rotatable bonds is 5. The van der Waals surface area contributed by atoms with Gasteiger partial charge in [-0.2, -0.15) is 0 Å². The third-order valence-corrected chi connectivity index (χ3v) is 4.52. The van der Waals surface area contributed by atoms with E-state index in [1.54, 1.807) is 0 Å². The van der Waals surface area contributed by atoms with Crippen LogP contribution in [0.3, 0.4) is 0 Å². The normalized spacial score (nSPS) is 28.2. The standard InChI is InChI=1S/C17H32N2O3/c1-5-19-10-12(9-15(20)13-6-7-13)8-14(11-19)18-16(21)22-17(2,3)4/h12-15,20H,5-11H2,1-4H3,(H,18,21). The van der Waals surface area contributed by atoms with Gasteiger partial charge in [0.2, 0.25) is 0 Å². The second kappa shape index (κ2) is 7.18. The predicted molar refractivity (Wildman–Crippen MR) is 86.7 cm³/mol. The Hall–Kier alpha value is -0.810. The molecule has 0 aromatic carbocycles. The zero-order valence-electron chi connectivity index (χ0n) is 14.5. The van der Waals surface area contributed by atoms with Crippen molar-refractivity contribution < 1.29 is 14.6 Å². The second-order valence-electron chi connectivity index (χ2n) is 7.94. The van der Waals surface area contributed by atoms with Crippen LogP contribution >= 0.6 is 0 Å². The number of piperidine rings is 1. The lowest BCUT2D eigenvalue weighted by Gasteiger charge is -2.38. The number of aliphatic hydroxyl groups is 1. The molecule has 2 aliphatic rings. The van der Waals surface area contributed by atoms with Crippen LogP contribution in [-0.4, -0.2) is 53.5 Å². The molecule has 1 aliphatic heterocycles. The van der Waals surface area contributed by atoms with E-state index < -0.39 is 5.60 Å². The van der Waals surface area contributed by atoms with Crippen LogP contribution in [0.5, 0.6) is 0 Å². The number of carbonyl (C=O) groups excluding carboxylic acids is 1. The fraction of sp³-hybridized carbons (Fsp3) is 0.941. The lowest BCUT2D eigenvalue weighted by Crippen LogP contribution is -2.52. The van der Waals surface area contributed by atoms with E-state index in [1.807, 2.05) is 20.8 Å². The molecule has 3 unspecified atom stereocenters. The lowest BCUT2D eigenvalue weighted by molar-refractivity contribution is 0.0413. The number of alkyl carbamates (subject to hydrolysis) is 1. The Morgan fingerprint density at radius 2 is 2.05 bits per heavy atom. The molecular weight excluding hydrogens is 280 g/mol. The number of ether oxygens (including phenoxy) is 1. The SMILES string of the molecule is CCN1CC(CC(O)C2CC2)CC(NC(=O)OC(C)(C)C)C1. The van der Waals surface area contributed by atoms with Crippen LogP contribution < -0.4 is 5.32 Å². The number of amides is 1. The minimum absolute atomic E-state index is 0.111. The van der Waals surface area contributed by atoms with Crippen molar-refractivity contribution >= 4 is 6.09 Å². The second-order valence-corrected chi connectivity index (χ2v) is 7.94. The van der Waals surface area contributed by atoms with Crippen LogP contribution in [0, 0.1) is 11.8 Å². The molecule has 2 rings (SSSR count). The van der Waals surface area contributed by atoms with Crippen LogP contribution in [0.2, 0.25) is 0 Å². The molecular formula is C17H32N2O3. The van der Waals surface area contributed by atoms with Crippen molar-refractivity contribution in [3.63, 3.8) is 0 Å². The van der Waals surface area contributed by atoms with Gasteiger partial charge in [0.25, 0.3) is 0 Å². The van der Waals surface area contributed by atoms with Crippen LogP contribution in [0.15, 0.2) is 0 Å². The molecule has 1 heterocycles. The molecule has 2 N–H and O–H groups in total. The van der Waals surface area contributed by atoms with Gasteiger partial charge in [0, 0.05) is 19.1 Å². The van der Waals surface area contributed by atoms with Gasteiger partial charge in [0.15, 0.2) is 0 Å². The maximum absolute atomic E-state index is 12.0. The largest absolute Gasteiger partial charge is 0.444 e. The van der Waals surface area contributed by atoms with Crippen LogP contribution in [0.1, 0.15) is 53.4 Å². The van der Waals surface area contributed by atoms with E-state index in [9.17, 15) is 9.90 Å². The number of likely N-dealkylation sites (tertiary alicyclic amines) is 1. The Bertz CT molecular complexity index is 377. The predicted octanol–water partition coefficient (Wildman–Crippen LogP) is 2.38. The van der Waals surface area contributed by atoms with Gasteiger partial charge in [0.1, 0.15) is 5.60 Å². The fourth-order valence-corrected chi connectivity index (χ4v) is 3.33. The van der Waals surface area contributed by atoms with Crippen LogP contribution in [-0.2, 0) is 4.74 Å². The third-order valence-electron chi connectivity index (χ3n) is 4.52. The van der Waals surface area contributed by atoms with Crippen molar-refractivity contribution in [3.8, 4) is 0 Å². The molecule has 0 bridgehead atoms. The number of aliphatic hydroxyl groups excluding tert-OH is 1. The van der Waals surface area contributed by atoms with Gasteiger partial charge in [-0.25, -0.2) is 4.79 Å². The first-order valence-corrected chi connectivity index (χ1v) is 8.66. The van der Waals surface area contributed by atoms with Gasteiger partial charge in [-0.3, -0.25) is 0 Å². The van der Waals surface area contributed by atoms with E-state index >= 15 is 0 Å². The number of nitrogens with zero attached hydrogens (tertiary/aromatic N) is 1. The highest BCUT2D eigenvalue weighted by Gasteiger charge is 2.35. The molecule has 0 aromatic rings. The number of nitrogens with one attached hydrogen (secondary N) is 1. The summed E-state index contributed by atoms with van der Waals surface area (Å²) in [6, 6.07) is 0.111. The van der Waals surface area contributed by atoms with Crippen molar-refractivity contribution in [3.05, 3.63) is 0 Å². The Kier molecular flexibility index (Phi) is 5.72. The fourth-order valence-electron chi connectivity index (χ4n) is 3.33. The topological polar surface area (TPSA) is 61.8 Å². The van der Waals surface area contributed by atoms with Gasteiger partial charge < -0.3 is 20.1 Å². The van der Waals surface area contributed by atoms with E-state index in [4.69, 9.17) is 4.74 Å². The molecule has 22 heavy (non-hydrogen) atoms. The van der Waals surface area contributed by atoms with Crippen molar-refractivity contribution in [1.29, 1.82) is 0 Å². The van der Waals surface area contributed by atoms with Gasteiger partial charge >= 0.3 is 6.09 Å². The molecule has 2 fully saturated rings. The van der Waals surface area contributed by atoms with Gasteiger partial charge in [-0.05, 0) is 64.8 Å². The van der Waals surface area contributed by atoms with Gasteiger partial charge in [0.05, 0.1) is 6.10 Å². The Morgan fingerprint density at radius 1 is 1.36 bits per heavy atom. The van der Waals surface area contributed by atoms with E-state index in [0.29, 0.717) is 11.8 Å². The molecule has 5 heteroatoms. The minimum Gasteiger partial charge on any atom is -0.444 e. The molecule has 0 aromatic heterocycles. The summed E-state index contributed by atoms with van der Waals surface area (Å²) >= 11 is 0. The van der Waals surface area contributed by atoms with Crippen molar-refractivity contribution in [2.24, 2.45) is 11.8 Å². The highest BCUT2D eigenvalue weighted by molar-refractivity contribution is 5.68. The highest BCUT2D eigenvalue weighted by Crippen LogP contribution is 2.36. The molecule has 1 saturated heterocycles. The van der Waals surface area contributed by atoms with Crippen molar-refractivity contribution in [2.75, 3.05) is 19.6 Å². The molecule has 0 radical (unpaired) electrons. The Morgan fingerprint density at radius 3 is 2.59 bits per heavy atom. The molecule has 128 valence electrons. The first kappa shape index (κ1) is 17.5. The Balaban J connectivity index is 1.85. The first-order valence-electron chi connectivity index (χ1n) is 8.66. The summed E-state index contributed by atoms with van der Waals surface area (Å²) in [7, 11) is 0. The number of hydrogen-bond acceptors (Lipinski definition) is 4. The zero-order valence-corrected chi connectivity index (χ0v) is 14.5. The van der Waals surface area contributed by atoms with Crippen molar-refractivity contribution in [2.45, 2.75) is 71.1 Å². The van der Waals surface area contributed by atoms with E-state index in [0.717, 1.165) is 32.5 Å². The summed E-state index contributed by atoms with van der Waals surface area (Å²) < 4.78 is 5.36. The monoisotopic (exact) mass is 312 g/mol. The highest BCUT2D eigenvalue weighted by atomic mass is 16.6. The van der Waals surface area contributed by atoms with Crippen molar-refractivity contribution in [1.82, 2.24) is 10.2 Å². The Labute approximate surface area is 134 Å². The molecule has 3 atom stereocenters. The summed E-state index contributed by atoms with van der Waals surface area (Å²) in [6.07, 6.45) is 3.63. The smallest absolute Gasteiger partial charge is 0.407 e. The molecule has 1 saturated carbocycles. The molecule has 1 amide bonds. The lowest BCUT2D eigenvalue weighted by atomic mass is 9.88. The average molecular weight is 312 g/mol. The number of carbonyl (C=O) groups is 1. The average Bonchev–Trinajstić information content (AvgIpc) is 3.19. The van der Waals surface area contributed by atoms with E-state index in [2.05, 4.69) is 17.1 Å². The summed E-state index contributed by atoms with van der Waals surface area (Å²) in [6.45, 7) is 10.6. The third kappa shape index (κ3) is 5.76. The summed E-state index contributed by atoms with van der Waals surface area (Å²) in [5, 5.41) is 13.2. The van der Waals surface area contributed by atoms with Crippen LogP contribution in [0.4, 0.5) is 4.79 Å². The van der Waals surface area contributed by atoms with Gasteiger partial charge in [-0.15, -0.1) is 0 Å². The number of likely N-dealkylation sites (N-methyl/N-ethyl adjacent to an activating group) is 1. The summed E-state index contributed by atoms with van der Waals surface area (Å²) in [5.74, 6) is 0.971.